The largest absolute Gasteiger partial charge is 0.480 e. The van der Waals surface area contributed by atoms with Gasteiger partial charge in [0.1, 0.15) is 23.7 Å². The Morgan fingerprint density at radius 3 is 2.30 bits per heavy atom. The molecule has 1 aromatic heterocycles. The van der Waals surface area contributed by atoms with Crippen LogP contribution in [0.2, 0.25) is 10.0 Å². The molecule has 0 unspecified atom stereocenters. The molecule has 0 fully saturated rings. The molecule has 0 bridgehead atoms. The number of methoxy groups -OCH3 is 1. The number of hydrogen-bond donors (Lipinski definition) is 1. The summed E-state index contributed by atoms with van der Waals surface area (Å²) in [6.45, 7) is -2.32. The van der Waals surface area contributed by atoms with E-state index >= 15 is 0 Å². The van der Waals surface area contributed by atoms with Gasteiger partial charge in [-0.1, -0.05) is 53.5 Å². The summed E-state index contributed by atoms with van der Waals surface area (Å²) in [6.07, 6.45) is 0. The van der Waals surface area contributed by atoms with Crippen LogP contribution < -0.4 is 21.7 Å². The van der Waals surface area contributed by atoms with Gasteiger partial charge in [-0.15, -0.1) is 0 Å². The highest BCUT2D eigenvalue weighted by molar-refractivity contribution is 6.35. The number of Topliss-reactive ketones (excluding diaryl/α,β-unsaturated/α-hetero) is 1. The fourth-order valence-electron chi connectivity index (χ4n) is 3.22. The van der Waals surface area contributed by atoms with Crippen LogP contribution in [-0.2, 0) is 32.2 Å². The molecule has 0 spiro atoms. The van der Waals surface area contributed by atoms with Gasteiger partial charge in [-0.3, -0.25) is 19.0 Å². The third-order valence-electron chi connectivity index (χ3n) is 5.05. The number of esters is 2. The van der Waals surface area contributed by atoms with Crippen LogP contribution in [0.3, 0.4) is 0 Å². The van der Waals surface area contributed by atoms with Crippen LogP contribution in [-0.4, -0.2) is 47.2 Å². The highest BCUT2D eigenvalue weighted by Crippen LogP contribution is 2.27. The number of anilines is 1. The molecule has 13 heteroatoms. The average Bonchev–Trinajstić information content (AvgIpc) is 2.87. The lowest BCUT2D eigenvalue weighted by molar-refractivity contribution is -0.145. The van der Waals surface area contributed by atoms with Crippen molar-refractivity contribution < 1.29 is 28.6 Å². The van der Waals surface area contributed by atoms with Crippen molar-refractivity contribution >= 4 is 46.7 Å². The first-order valence-corrected chi connectivity index (χ1v) is 11.4. The molecular weight excluding hydrogens is 529 g/mol. The second-order valence-electron chi connectivity index (χ2n) is 7.53. The molecule has 0 aliphatic carbocycles. The summed E-state index contributed by atoms with van der Waals surface area (Å²) in [5, 5.41) is 0.533. The molecule has 3 aromatic rings. The van der Waals surface area contributed by atoms with Crippen molar-refractivity contribution in [2.75, 3.05) is 26.1 Å². The minimum atomic E-state index is -1.12. The minimum absolute atomic E-state index is 0.0945. The van der Waals surface area contributed by atoms with Crippen LogP contribution in [0, 0.1) is 0 Å². The van der Waals surface area contributed by atoms with Crippen molar-refractivity contribution in [1.29, 1.82) is 0 Å². The number of ketones is 1. The lowest BCUT2D eigenvalue weighted by Gasteiger charge is -2.16. The number of carbonyl (C=O) groups excluding carboxylic acids is 3. The first-order valence-electron chi connectivity index (χ1n) is 10.6. The van der Waals surface area contributed by atoms with Gasteiger partial charge in [-0.25, -0.2) is 14.2 Å². The number of nitrogen functional groups attached to an aromatic ring is 1. The maximum Gasteiger partial charge on any atom is 0.344 e. The Kier molecular flexibility index (Phi) is 9.10. The van der Waals surface area contributed by atoms with Crippen LogP contribution in [0.5, 0.6) is 5.75 Å². The summed E-state index contributed by atoms with van der Waals surface area (Å²) in [5.74, 6) is -3.09. The SMILES string of the molecule is COC(=O)Cn1c(=O)c(C(=O)COC(=O)COc2ccc(Cl)cc2Cl)c(N)n(Cc2ccccc2)c1=O. The van der Waals surface area contributed by atoms with Gasteiger partial charge in [-0.2, -0.15) is 0 Å². The standard InChI is InChI=1S/C24H21Cl2N3O8/c1-35-19(31)11-29-23(33)21(22(27)28(24(29)34)10-14-5-3-2-4-6-14)17(30)12-37-20(32)13-36-18-8-7-15(25)9-16(18)26/h2-9H,10-13,27H2,1H3. The highest BCUT2D eigenvalue weighted by atomic mass is 35.5. The van der Waals surface area contributed by atoms with Gasteiger partial charge in [0, 0.05) is 5.02 Å². The third-order valence-corrected chi connectivity index (χ3v) is 5.58. The van der Waals surface area contributed by atoms with Gasteiger partial charge in [0.15, 0.2) is 13.2 Å². The van der Waals surface area contributed by atoms with E-state index in [1.165, 1.54) is 18.2 Å². The van der Waals surface area contributed by atoms with Crippen LogP contribution in [0.1, 0.15) is 15.9 Å². The molecule has 1 heterocycles. The predicted octanol–water partition coefficient (Wildman–Crippen LogP) is 1.93. The van der Waals surface area contributed by atoms with Gasteiger partial charge in [-0.05, 0) is 23.8 Å². The van der Waals surface area contributed by atoms with E-state index in [2.05, 4.69) is 4.74 Å². The Morgan fingerprint density at radius 1 is 0.946 bits per heavy atom. The molecule has 3 rings (SSSR count). The summed E-state index contributed by atoms with van der Waals surface area (Å²) in [4.78, 5) is 62.8. The second kappa shape index (κ2) is 12.2. The molecule has 37 heavy (non-hydrogen) atoms. The summed E-state index contributed by atoms with van der Waals surface area (Å²) in [6, 6.07) is 13.0. The monoisotopic (exact) mass is 549 g/mol. The maximum absolute atomic E-state index is 13.0. The summed E-state index contributed by atoms with van der Waals surface area (Å²) in [5.41, 5.74) is 4.04. The Hall–Kier alpha value is -4.09. The van der Waals surface area contributed by atoms with E-state index in [0.717, 1.165) is 11.7 Å². The number of rotatable bonds is 10. The molecule has 194 valence electrons. The van der Waals surface area contributed by atoms with Crippen molar-refractivity contribution in [3.05, 3.63) is 90.5 Å². The van der Waals surface area contributed by atoms with E-state index in [1.807, 2.05) is 0 Å². The number of ether oxygens (including phenoxy) is 3. The zero-order valence-electron chi connectivity index (χ0n) is 19.4. The average molecular weight is 550 g/mol. The fraction of sp³-hybridized carbons (Fsp3) is 0.208. The van der Waals surface area contributed by atoms with Crippen molar-refractivity contribution in [2.45, 2.75) is 13.1 Å². The van der Waals surface area contributed by atoms with E-state index in [-0.39, 0.29) is 17.3 Å². The van der Waals surface area contributed by atoms with Crippen LogP contribution in [0.4, 0.5) is 5.82 Å². The Balaban J connectivity index is 1.84. The quantitative estimate of drug-likeness (QED) is 0.295. The molecule has 0 amide bonds. The molecular formula is C24H21Cl2N3O8. The van der Waals surface area contributed by atoms with Gasteiger partial charge in [0.25, 0.3) is 5.56 Å². The highest BCUT2D eigenvalue weighted by Gasteiger charge is 2.25. The van der Waals surface area contributed by atoms with E-state index in [4.69, 9.17) is 38.4 Å². The Bertz CT molecular complexity index is 1450. The number of carbonyl (C=O) groups is 3. The molecule has 0 atom stereocenters. The normalized spacial score (nSPS) is 10.6. The smallest absolute Gasteiger partial charge is 0.344 e. The predicted molar refractivity (Wildman–Crippen MR) is 134 cm³/mol. The van der Waals surface area contributed by atoms with Crippen LogP contribution in [0.15, 0.2) is 58.1 Å². The number of nitrogens with zero attached hydrogens (tertiary/aromatic N) is 2. The first-order chi connectivity index (χ1) is 17.6. The zero-order chi connectivity index (χ0) is 27.1. The molecule has 0 saturated heterocycles. The van der Waals surface area contributed by atoms with Crippen molar-refractivity contribution in [3.8, 4) is 5.75 Å². The lowest BCUT2D eigenvalue weighted by atomic mass is 10.2. The van der Waals surface area contributed by atoms with Gasteiger partial charge < -0.3 is 19.9 Å². The molecule has 2 N–H and O–H groups in total. The van der Waals surface area contributed by atoms with Gasteiger partial charge >= 0.3 is 17.6 Å². The third kappa shape index (κ3) is 6.78. The van der Waals surface area contributed by atoms with E-state index in [1.54, 1.807) is 30.3 Å². The molecule has 11 nitrogen and oxygen atoms in total. The first kappa shape index (κ1) is 27.5. The van der Waals surface area contributed by atoms with E-state index in [0.29, 0.717) is 15.2 Å². The Morgan fingerprint density at radius 2 is 1.65 bits per heavy atom. The number of benzene rings is 2. The van der Waals surface area contributed by atoms with Crippen molar-refractivity contribution in [1.82, 2.24) is 9.13 Å². The molecule has 0 saturated carbocycles. The topological polar surface area (TPSA) is 149 Å². The fourth-order valence-corrected chi connectivity index (χ4v) is 3.68. The van der Waals surface area contributed by atoms with E-state index < -0.39 is 60.1 Å². The maximum atomic E-state index is 13.0. The Labute approximate surface area is 219 Å². The minimum Gasteiger partial charge on any atom is -0.480 e. The zero-order valence-corrected chi connectivity index (χ0v) is 21.0. The molecule has 0 radical (unpaired) electrons. The second-order valence-corrected chi connectivity index (χ2v) is 8.37. The van der Waals surface area contributed by atoms with Gasteiger partial charge in [0.05, 0.1) is 18.7 Å². The van der Waals surface area contributed by atoms with Gasteiger partial charge in [0.2, 0.25) is 5.78 Å². The molecule has 0 aliphatic rings. The van der Waals surface area contributed by atoms with E-state index in [9.17, 15) is 24.0 Å². The number of hydrogen-bond acceptors (Lipinski definition) is 9. The van der Waals surface area contributed by atoms with Crippen molar-refractivity contribution in [2.24, 2.45) is 0 Å². The van der Waals surface area contributed by atoms with Crippen molar-refractivity contribution in [3.63, 3.8) is 0 Å². The van der Waals surface area contributed by atoms with Crippen LogP contribution >= 0.6 is 23.2 Å². The number of aromatic nitrogens is 2. The molecule has 0 aliphatic heterocycles. The summed E-state index contributed by atoms with van der Waals surface area (Å²) < 4.78 is 16.2. The number of nitrogens with two attached hydrogens (primary N) is 1. The molecule has 2 aromatic carbocycles. The summed E-state index contributed by atoms with van der Waals surface area (Å²) >= 11 is 11.8. The van der Waals surface area contributed by atoms with Crippen LogP contribution in [0.25, 0.3) is 0 Å². The lowest BCUT2D eigenvalue weighted by Crippen LogP contribution is -2.46. The summed E-state index contributed by atoms with van der Waals surface area (Å²) in [7, 11) is 1.08. The number of halogens is 2.